The van der Waals surface area contributed by atoms with Crippen LogP contribution in [-0.2, 0) is 5.41 Å². The second-order valence-corrected chi connectivity index (χ2v) is 5.48. The van der Waals surface area contributed by atoms with Crippen molar-refractivity contribution in [2.75, 3.05) is 0 Å². The first-order valence-electron chi connectivity index (χ1n) is 5.18. The maximum atomic E-state index is 4.53. The molecule has 16 heavy (non-hydrogen) atoms. The molecule has 2 rings (SSSR count). The molecule has 4 heteroatoms. The van der Waals surface area contributed by atoms with Crippen molar-refractivity contribution in [3.05, 3.63) is 36.2 Å². The molecule has 0 atom stereocenters. The molecular formula is C12H14N3Se. The third-order valence-corrected chi connectivity index (χ3v) is 2.80. The zero-order valence-electron chi connectivity index (χ0n) is 9.64. The summed E-state index contributed by atoms with van der Waals surface area (Å²) in [5.74, 6) is 0.852. The average Bonchev–Trinajstić information content (AvgIpc) is 2.61. The van der Waals surface area contributed by atoms with Crippen molar-refractivity contribution in [3.63, 3.8) is 0 Å². The van der Waals surface area contributed by atoms with Gasteiger partial charge in [-0.3, -0.25) is 0 Å². The van der Waals surface area contributed by atoms with Gasteiger partial charge < -0.3 is 0 Å². The number of rotatable bonds is 1. The van der Waals surface area contributed by atoms with Crippen molar-refractivity contribution >= 4 is 20.7 Å². The van der Waals surface area contributed by atoms with Crippen molar-refractivity contribution < 1.29 is 0 Å². The van der Waals surface area contributed by atoms with E-state index in [1.807, 2.05) is 35.0 Å². The van der Waals surface area contributed by atoms with Crippen molar-refractivity contribution in [3.8, 4) is 5.69 Å². The molecule has 3 nitrogen and oxygen atoms in total. The fourth-order valence-corrected chi connectivity index (χ4v) is 1.84. The SMILES string of the molecule is CC(C)(C)c1nc([Se])n(-c2ccccc2)n1. The first-order chi connectivity index (χ1) is 7.48. The van der Waals surface area contributed by atoms with Crippen LogP contribution < -0.4 is 4.72 Å². The predicted molar refractivity (Wildman–Crippen MR) is 65.4 cm³/mol. The maximum absolute atomic E-state index is 4.53. The molecule has 0 aliphatic carbocycles. The van der Waals surface area contributed by atoms with Gasteiger partial charge in [-0.15, -0.1) is 0 Å². The molecule has 2 aromatic rings. The van der Waals surface area contributed by atoms with Gasteiger partial charge in [0.1, 0.15) is 0 Å². The van der Waals surface area contributed by atoms with Gasteiger partial charge in [0.25, 0.3) is 0 Å². The van der Waals surface area contributed by atoms with Gasteiger partial charge in [0.05, 0.1) is 0 Å². The van der Waals surface area contributed by atoms with Crippen LogP contribution >= 0.6 is 0 Å². The Bertz CT molecular complexity index is 483. The van der Waals surface area contributed by atoms with Gasteiger partial charge in [-0.25, -0.2) is 0 Å². The molecule has 0 aliphatic rings. The van der Waals surface area contributed by atoms with E-state index in [9.17, 15) is 0 Å². The number of benzene rings is 1. The molecule has 0 N–H and O–H groups in total. The summed E-state index contributed by atoms with van der Waals surface area (Å²) in [4.78, 5) is 4.45. The molecule has 0 spiro atoms. The summed E-state index contributed by atoms with van der Waals surface area (Å²) in [6.07, 6.45) is 0. The first kappa shape index (κ1) is 11.4. The van der Waals surface area contributed by atoms with E-state index in [-0.39, 0.29) is 5.41 Å². The van der Waals surface area contributed by atoms with Gasteiger partial charge in [0.15, 0.2) is 0 Å². The van der Waals surface area contributed by atoms with Crippen LogP contribution in [0.2, 0.25) is 0 Å². The Morgan fingerprint density at radius 3 is 2.25 bits per heavy atom. The van der Waals surface area contributed by atoms with Crippen molar-refractivity contribution in [1.82, 2.24) is 14.8 Å². The Hall–Kier alpha value is -1.12. The monoisotopic (exact) mass is 280 g/mol. The topological polar surface area (TPSA) is 30.7 Å². The van der Waals surface area contributed by atoms with Crippen LogP contribution in [-0.4, -0.2) is 30.8 Å². The molecule has 1 heterocycles. The summed E-state index contributed by atoms with van der Waals surface area (Å²) in [6.45, 7) is 6.32. The van der Waals surface area contributed by atoms with Gasteiger partial charge >= 0.3 is 104 Å². The summed E-state index contributed by atoms with van der Waals surface area (Å²) >= 11 is 2.95. The van der Waals surface area contributed by atoms with Crippen molar-refractivity contribution in [1.29, 1.82) is 0 Å². The van der Waals surface area contributed by atoms with E-state index in [1.54, 1.807) is 0 Å². The third kappa shape index (κ3) is 2.18. The van der Waals surface area contributed by atoms with Gasteiger partial charge in [0, 0.05) is 0 Å². The standard InChI is InChI=1S/C12H14N3Se/c1-12(2,3)10-13-11(16)15(14-10)9-7-5-4-6-8-9/h4-8H,1-3H3. The Morgan fingerprint density at radius 1 is 1.12 bits per heavy atom. The summed E-state index contributed by atoms with van der Waals surface area (Å²) in [5.41, 5.74) is 0.998. The van der Waals surface area contributed by atoms with E-state index in [2.05, 4.69) is 46.9 Å². The van der Waals surface area contributed by atoms with Gasteiger partial charge in [-0.2, -0.15) is 0 Å². The second-order valence-electron chi connectivity index (χ2n) is 4.72. The Balaban J connectivity index is 2.48. The van der Waals surface area contributed by atoms with Gasteiger partial charge in [-0.1, -0.05) is 0 Å². The Kier molecular flexibility index (Phi) is 2.87. The number of hydrogen-bond donors (Lipinski definition) is 0. The average molecular weight is 279 g/mol. The molecule has 83 valence electrons. The van der Waals surface area contributed by atoms with E-state index < -0.39 is 0 Å². The van der Waals surface area contributed by atoms with E-state index >= 15 is 0 Å². The zero-order chi connectivity index (χ0) is 11.8. The molecule has 0 bridgehead atoms. The van der Waals surface area contributed by atoms with Crippen LogP contribution in [0, 0.1) is 0 Å². The van der Waals surface area contributed by atoms with Crippen LogP contribution in [0.4, 0.5) is 0 Å². The fourth-order valence-electron chi connectivity index (χ4n) is 1.35. The van der Waals surface area contributed by atoms with Crippen LogP contribution in [0.25, 0.3) is 5.69 Å². The van der Waals surface area contributed by atoms with Crippen LogP contribution in [0.3, 0.4) is 0 Å². The van der Waals surface area contributed by atoms with E-state index in [0.29, 0.717) is 0 Å². The Morgan fingerprint density at radius 2 is 1.75 bits per heavy atom. The number of hydrogen-bond acceptors (Lipinski definition) is 2. The second kappa shape index (κ2) is 4.04. The quantitative estimate of drug-likeness (QED) is 0.738. The van der Waals surface area contributed by atoms with Crippen LogP contribution in [0.1, 0.15) is 26.6 Å². The van der Waals surface area contributed by atoms with Crippen LogP contribution in [0.5, 0.6) is 0 Å². The normalized spacial score (nSPS) is 11.7. The fraction of sp³-hybridized carbons (Fsp3) is 0.333. The first-order valence-corrected chi connectivity index (χ1v) is 6.04. The van der Waals surface area contributed by atoms with Crippen LogP contribution in [0.15, 0.2) is 30.3 Å². The molecule has 1 aromatic heterocycles. The number of nitrogens with zero attached hydrogens (tertiary/aromatic N) is 3. The summed E-state index contributed by atoms with van der Waals surface area (Å²) in [5, 5.41) is 4.53. The predicted octanol–water partition coefficient (Wildman–Crippen LogP) is 1.36. The van der Waals surface area contributed by atoms with Crippen molar-refractivity contribution in [2.45, 2.75) is 26.2 Å². The summed E-state index contributed by atoms with van der Waals surface area (Å²) < 4.78 is 2.64. The Labute approximate surface area is 104 Å². The molecular weight excluding hydrogens is 265 g/mol. The molecule has 1 aromatic carbocycles. The van der Waals surface area contributed by atoms with E-state index in [0.717, 1.165) is 16.2 Å². The minimum atomic E-state index is -0.0291. The zero-order valence-corrected chi connectivity index (χ0v) is 11.3. The summed E-state index contributed by atoms with van der Waals surface area (Å²) in [6, 6.07) is 10.0. The van der Waals surface area contributed by atoms with E-state index in [1.165, 1.54) is 0 Å². The van der Waals surface area contributed by atoms with E-state index in [4.69, 9.17) is 0 Å². The number of aromatic nitrogens is 3. The molecule has 0 unspecified atom stereocenters. The molecule has 0 saturated heterocycles. The summed E-state index contributed by atoms with van der Waals surface area (Å²) in [7, 11) is 0. The molecule has 0 fully saturated rings. The third-order valence-electron chi connectivity index (χ3n) is 2.25. The molecule has 0 amide bonds. The number of para-hydroxylation sites is 1. The molecule has 0 saturated carbocycles. The minimum absolute atomic E-state index is 0.0291. The molecule has 0 aliphatic heterocycles. The molecule has 1 radical (unpaired) electrons. The van der Waals surface area contributed by atoms with Crippen molar-refractivity contribution in [2.24, 2.45) is 0 Å². The van der Waals surface area contributed by atoms with Gasteiger partial charge in [0.2, 0.25) is 0 Å². The van der Waals surface area contributed by atoms with Gasteiger partial charge in [-0.05, 0) is 0 Å².